The second-order valence-electron chi connectivity index (χ2n) is 7.74. The number of morpholine rings is 1. The highest BCUT2D eigenvalue weighted by atomic mass is 35.5. The van der Waals surface area contributed by atoms with Crippen LogP contribution in [0.25, 0.3) is 0 Å². The molecule has 0 radical (unpaired) electrons. The minimum atomic E-state index is -0.521. The van der Waals surface area contributed by atoms with Gasteiger partial charge in [0.15, 0.2) is 0 Å². The van der Waals surface area contributed by atoms with Crippen molar-refractivity contribution in [1.29, 1.82) is 0 Å². The van der Waals surface area contributed by atoms with Crippen molar-refractivity contribution in [2.75, 3.05) is 44.3 Å². The van der Waals surface area contributed by atoms with Crippen molar-refractivity contribution in [2.45, 2.75) is 26.4 Å². The first-order valence-electron chi connectivity index (χ1n) is 9.90. The first-order valence-corrected chi connectivity index (χ1v) is 10.3. The number of halogens is 1. The summed E-state index contributed by atoms with van der Waals surface area (Å²) in [6, 6.07) is 4.31. The summed E-state index contributed by atoms with van der Waals surface area (Å²) in [4.78, 5) is 23.7. The van der Waals surface area contributed by atoms with E-state index in [1.54, 1.807) is 4.57 Å². The molecule has 0 aliphatic carbocycles. The summed E-state index contributed by atoms with van der Waals surface area (Å²) in [6.45, 7) is 8.72. The third-order valence-electron chi connectivity index (χ3n) is 5.43. The third kappa shape index (κ3) is 4.68. The van der Waals surface area contributed by atoms with E-state index in [1.807, 2.05) is 0 Å². The summed E-state index contributed by atoms with van der Waals surface area (Å²) in [6.07, 6.45) is 2.33. The van der Waals surface area contributed by atoms with E-state index in [4.69, 9.17) is 21.3 Å². The number of rotatable bonds is 6. The highest BCUT2D eigenvalue weighted by Crippen LogP contribution is 2.23. The number of hydrogen-bond acceptors (Lipinski definition) is 7. The van der Waals surface area contributed by atoms with Crippen molar-refractivity contribution in [1.82, 2.24) is 19.4 Å². The van der Waals surface area contributed by atoms with E-state index >= 15 is 0 Å². The van der Waals surface area contributed by atoms with E-state index in [1.165, 1.54) is 17.5 Å². The SMILES string of the molecule is CC(CN1CCc2nc(N3CCOCC3)ccc2C1)Cn1cc([N+](=O)[O-])nc1Cl. The summed E-state index contributed by atoms with van der Waals surface area (Å²) in [7, 11) is 0. The van der Waals surface area contributed by atoms with Crippen molar-refractivity contribution in [2.24, 2.45) is 5.92 Å². The Hall–Kier alpha value is -2.23. The monoisotopic (exact) mass is 420 g/mol. The van der Waals surface area contributed by atoms with Crippen LogP contribution < -0.4 is 4.90 Å². The second kappa shape index (κ2) is 8.64. The minimum Gasteiger partial charge on any atom is -0.378 e. The Labute approximate surface area is 174 Å². The molecule has 0 spiro atoms. The lowest BCUT2D eigenvalue weighted by atomic mass is 10.0. The molecule has 156 valence electrons. The van der Waals surface area contributed by atoms with Gasteiger partial charge in [0.25, 0.3) is 0 Å². The van der Waals surface area contributed by atoms with Gasteiger partial charge in [0, 0.05) is 51.4 Å². The average molecular weight is 421 g/mol. The predicted molar refractivity (Wildman–Crippen MR) is 109 cm³/mol. The molecule has 10 heteroatoms. The molecule has 2 aromatic rings. The Balaban J connectivity index is 1.35. The van der Waals surface area contributed by atoms with Gasteiger partial charge in [-0.25, -0.2) is 4.98 Å². The van der Waals surface area contributed by atoms with E-state index in [0.717, 1.165) is 58.2 Å². The topological polar surface area (TPSA) is 89.6 Å². The third-order valence-corrected chi connectivity index (χ3v) is 5.73. The average Bonchev–Trinajstić information content (AvgIpc) is 3.09. The zero-order chi connectivity index (χ0) is 20.4. The van der Waals surface area contributed by atoms with E-state index in [0.29, 0.717) is 6.54 Å². The van der Waals surface area contributed by atoms with Gasteiger partial charge in [0.1, 0.15) is 12.0 Å². The molecule has 1 atom stereocenters. The molecule has 4 rings (SSSR count). The van der Waals surface area contributed by atoms with E-state index in [2.05, 4.69) is 33.8 Å². The maximum Gasteiger partial charge on any atom is 0.383 e. The lowest BCUT2D eigenvalue weighted by molar-refractivity contribution is -0.389. The molecule has 2 aromatic heterocycles. The van der Waals surface area contributed by atoms with E-state index in [9.17, 15) is 10.1 Å². The van der Waals surface area contributed by atoms with Crippen LogP contribution in [0.2, 0.25) is 5.28 Å². The first kappa shape index (κ1) is 20.1. The zero-order valence-electron chi connectivity index (χ0n) is 16.5. The van der Waals surface area contributed by atoms with Crippen molar-refractivity contribution in [3.8, 4) is 0 Å². The van der Waals surface area contributed by atoms with Gasteiger partial charge in [0.05, 0.1) is 13.2 Å². The molecule has 1 fully saturated rings. The molecular formula is C19H25ClN6O3. The Morgan fingerprint density at radius 1 is 1.24 bits per heavy atom. The smallest absolute Gasteiger partial charge is 0.378 e. The van der Waals surface area contributed by atoms with Gasteiger partial charge < -0.3 is 19.8 Å². The highest BCUT2D eigenvalue weighted by Gasteiger charge is 2.23. The fourth-order valence-electron chi connectivity index (χ4n) is 4.02. The number of nitro groups is 1. The van der Waals surface area contributed by atoms with Gasteiger partial charge in [-0.1, -0.05) is 13.0 Å². The fraction of sp³-hybridized carbons (Fsp3) is 0.579. The molecule has 0 amide bonds. The molecule has 1 saturated heterocycles. The van der Waals surface area contributed by atoms with Gasteiger partial charge in [-0.3, -0.25) is 9.47 Å². The molecule has 0 saturated carbocycles. The molecule has 4 heterocycles. The number of nitrogens with zero attached hydrogens (tertiary/aromatic N) is 6. The molecule has 2 aliphatic rings. The van der Waals surface area contributed by atoms with Crippen molar-refractivity contribution in [3.05, 3.63) is 45.0 Å². The molecule has 9 nitrogen and oxygen atoms in total. The number of imidazole rings is 1. The lowest BCUT2D eigenvalue weighted by Crippen LogP contribution is -2.38. The van der Waals surface area contributed by atoms with E-state index in [-0.39, 0.29) is 17.0 Å². The van der Waals surface area contributed by atoms with Crippen molar-refractivity contribution < 1.29 is 9.66 Å². The van der Waals surface area contributed by atoms with Gasteiger partial charge in [-0.05, 0) is 39.1 Å². The summed E-state index contributed by atoms with van der Waals surface area (Å²) in [5, 5.41) is 11.0. The van der Waals surface area contributed by atoms with Crippen LogP contribution in [0, 0.1) is 16.0 Å². The summed E-state index contributed by atoms with van der Waals surface area (Å²) in [5.41, 5.74) is 2.46. The van der Waals surface area contributed by atoms with Gasteiger partial charge in [0.2, 0.25) is 0 Å². The van der Waals surface area contributed by atoms with Crippen LogP contribution in [0.5, 0.6) is 0 Å². The maximum atomic E-state index is 10.9. The minimum absolute atomic E-state index is 0.160. The first-order chi connectivity index (χ1) is 14.0. The Kier molecular flexibility index (Phi) is 5.98. The van der Waals surface area contributed by atoms with Crippen LogP contribution >= 0.6 is 11.6 Å². The largest absolute Gasteiger partial charge is 0.383 e. The van der Waals surface area contributed by atoms with Crippen molar-refractivity contribution in [3.63, 3.8) is 0 Å². The van der Waals surface area contributed by atoms with Gasteiger partial charge >= 0.3 is 11.1 Å². The molecule has 0 aromatic carbocycles. The molecule has 0 N–H and O–H groups in total. The maximum absolute atomic E-state index is 10.9. The molecule has 1 unspecified atom stereocenters. The summed E-state index contributed by atoms with van der Waals surface area (Å²) in [5.74, 6) is 1.12. The van der Waals surface area contributed by atoms with Crippen LogP contribution in [0.15, 0.2) is 18.3 Å². The van der Waals surface area contributed by atoms with Crippen LogP contribution in [0.4, 0.5) is 11.6 Å². The molecule has 0 bridgehead atoms. The number of hydrogen-bond donors (Lipinski definition) is 0. The normalized spacial score (nSPS) is 18.5. The zero-order valence-corrected chi connectivity index (χ0v) is 17.2. The van der Waals surface area contributed by atoms with Crippen LogP contribution in [-0.4, -0.2) is 63.8 Å². The Morgan fingerprint density at radius 2 is 2.03 bits per heavy atom. The highest BCUT2D eigenvalue weighted by molar-refractivity contribution is 6.28. The lowest BCUT2D eigenvalue weighted by Gasteiger charge is -2.32. The predicted octanol–water partition coefficient (Wildman–Crippen LogP) is 2.37. The number of pyridine rings is 1. The van der Waals surface area contributed by atoms with Gasteiger partial charge in [-0.2, -0.15) is 0 Å². The summed E-state index contributed by atoms with van der Waals surface area (Å²) >= 11 is 6.04. The second-order valence-corrected chi connectivity index (χ2v) is 8.08. The van der Waals surface area contributed by atoms with Crippen molar-refractivity contribution >= 4 is 23.2 Å². The Morgan fingerprint density at radius 3 is 2.76 bits per heavy atom. The molecule has 2 aliphatic heterocycles. The van der Waals surface area contributed by atoms with Gasteiger partial charge in [-0.15, -0.1) is 0 Å². The Bertz CT molecular complexity index is 883. The summed E-state index contributed by atoms with van der Waals surface area (Å²) < 4.78 is 7.08. The van der Waals surface area contributed by atoms with Crippen LogP contribution in [-0.2, 0) is 24.2 Å². The number of fused-ring (bicyclic) bond motifs is 1. The fourth-order valence-corrected chi connectivity index (χ4v) is 4.22. The van der Waals surface area contributed by atoms with Crippen LogP contribution in [0.3, 0.4) is 0 Å². The number of anilines is 1. The van der Waals surface area contributed by atoms with Crippen LogP contribution in [0.1, 0.15) is 18.2 Å². The quantitative estimate of drug-likeness (QED) is 0.523. The molecule has 29 heavy (non-hydrogen) atoms. The van der Waals surface area contributed by atoms with E-state index < -0.39 is 4.92 Å². The number of aromatic nitrogens is 3. The molecular weight excluding hydrogens is 396 g/mol. The standard InChI is InChI=1S/C19H25ClN6O3/c1-14(11-25-13-18(26(27)28)22-19(25)20)10-23-5-4-16-15(12-23)2-3-17(21-16)24-6-8-29-9-7-24/h2-3,13-14H,4-12H2,1H3. The number of ether oxygens (including phenoxy) is 1.